The summed E-state index contributed by atoms with van der Waals surface area (Å²) < 4.78 is 5.75. The fourth-order valence-corrected chi connectivity index (χ4v) is 2.80. The Morgan fingerprint density at radius 1 is 1.12 bits per heavy atom. The van der Waals surface area contributed by atoms with Gasteiger partial charge in [0.25, 0.3) is 0 Å². The van der Waals surface area contributed by atoms with Crippen molar-refractivity contribution in [3.05, 3.63) is 57.6 Å². The zero-order valence-electron chi connectivity index (χ0n) is 14.7. The molecule has 0 radical (unpaired) electrons. The molecule has 2 aromatic rings. The van der Waals surface area contributed by atoms with Crippen molar-refractivity contribution >= 4 is 34.9 Å². The number of amides is 2. The van der Waals surface area contributed by atoms with E-state index in [0.717, 1.165) is 16.9 Å². The van der Waals surface area contributed by atoms with Crippen molar-refractivity contribution in [3.8, 4) is 5.75 Å². The van der Waals surface area contributed by atoms with Crippen LogP contribution in [0.4, 0.5) is 10.5 Å². The molecule has 0 saturated heterocycles. The number of anilines is 1. The van der Waals surface area contributed by atoms with Gasteiger partial charge in [-0.1, -0.05) is 67.7 Å². The second kappa shape index (κ2) is 7.98. The molecule has 0 aliphatic heterocycles. The van der Waals surface area contributed by atoms with Crippen LogP contribution in [-0.2, 0) is 5.41 Å². The first-order valence-electron chi connectivity index (χ1n) is 7.91. The number of hydrogen-bond acceptors (Lipinski definition) is 2. The van der Waals surface area contributed by atoms with Gasteiger partial charge in [0.15, 0.2) is 6.73 Å². The standard InChI is InChI=1S/C19H22Cl2N2O2/c1-12-8-9-16(13(10-12)19(2,3)4)25-11-22-18(24)23-17-14(20)6-5-7-15(17)21/h5-10H,11H2,1-4H3,(H2,22,23,24). The van der Waals surface area contributed by atoms with E-state index in [2.05, 4.69) is 37.5 Å². The average Bonchev–Trinajstić information content (AvgIpc) is 2.51. The van der Waals surface area contributed by atoms with Gasteiger partial charge in [0.2, 0.25) is 0 Å². The van der Waals surface area contributed by atoms with Gasteiger partial charge in [-0.3, -0.25) is 0 Å². The highest BCUT2D eigenvalue weighted by Crippen LogP contribution is 2.32. The number of ether oxygens (including phenoxy) is 1. The van der Waals surface area contributed by atoms with Crippen LogP contribution >= 0.6 is 23.2 Å². The molecule has 0 saturated carbocycles. The average molecular weight is 381 g/mol. The molecule has 0 aromatic heterocycles. The molecule has 0 aliphatic rings. The Kier molecular flexibility index (Phi) is 6.20. The molecule has 0 heterocycles. The maximum absolute atomic E-state index is 12.0. The predicted molar refractivity (Wildman–Crippen MR) is 104 cm³/mol. The van der Waals surface area contributed by atoms with Crippen molar-refractivity contribution in [1.82, 2.24) is 5.32 Å². The molecule has 6 heteroatoms. The molecule has 25 heavy (non-hydrogen) atoms. The van der Waals surface area contributed by atoms with Crippen LogP contribution in [0.5, 0.6) is 5.75 Å². The molecule has 0 aliphatic carbocycles. The van der Waals surface area contributed by atoms with E-state index in [4.69, 9.17) is 27.9 Å². The number of urea groups is 1. The number of benzene rings is 2. The Labute approximate surface area is 158 Å². The smallest absolute Gasteiger partial charge is 0.321 e. The Balaban J connectivity index is 1.98. The molecule has 134 valence electrons. The molecule has 2 amide bonds. The number of carbonyl (C=O) groups is 1. The van der Waals surface area contributed by atoms with Crippen LogP contribution in [-0.4, -0.2) is 12.8 Å². The monoisotopic (exact) mass is 380 g/mol. The lowest BCUT2D eigenvalue weighted by molar-refractivity contribution is 0.233. The summed E-state index contributed by atoms with van der Waals surface area (Å²) in [6, 6.07) is 10.6. The van der Waals surface area contributed by atoms with Gasteiger partial charge >= 0.3 is 6.03 Å². The SMILES string of the molecule is Cc1ccc(OCNC(=O)Nc2c(Cl)cccc2Cl)c(C(C)(C)C)c1. The largest absolute Gasteiger partial charge is 0.473 e. The molecule has 4 nitrogen and oxygen atoms in total. The molecule has 0 unspecified atom stereocenters. The lowest BCUT2D eigenvalue weighted by Crippen LogP contribution is -2.32. The third-order valence-electron chi connectivity index (χ3n) is 3.60. The summed E-state index contributed by atoms with van der Waals surface area (Å²) in [7, 11) is 0. The maximum Gasteiger partial charge on any atom is 0.321 e. The maximum atomic E-state index is 12.0. The highest BCUT2D eigenvalue weighted by atomic mass is 35.5. The molecule has 2 N–H and O–H groups in total. The number of halogens is 2. The van der Waals surface area contributed by atoms with Crippen LogP contribution in [0, 0.1) is 6.92 Å². The van der Waals surface area contributed by atoms with Crippen molar-refractivity contribution in [2.75, 3.05) is 12.0 Å². The van der Waals surface area contributed by atoms with Gasteiger partial charge in [-0.15, -0.1) is 0 Å². The van der Waals surface area contributed by atoms with Gasteiger partial charge in [0.05, 0.1) is 15.7 Å². The van der Waals surface area contributed by atoms with Crippen LogP contribution < -0.4 is 15.4 Å². The number of aryl methyl sites for hydroxylation is 1. The zero-order valence-corrected chi connectivity index (χ0v) is 16.3. The van der Waals surface area contributed by atoms with E-state index in [-0.39, 0.29) is 12.1 Å². The lowest BCUT2D eigenvalue weighted by atomic mass is 9.85. The molecule has 0 atom stereocenters. The van der Waals surface area contributed by atoms with Crippen molar-refractivity contribution in [2.24, 2.45) is 0 Å². The first-order valence-corrected chi connectivity index (χ1v) is 8.67. The summed E-state index contributed by atoms with van der Waals surface area (Å²) in [6.45, 7) is 8.43. The number of carbonyl (C=O) groups excluding carboxylic acids is 1. The lowest BCUT2D eigenvalue weighted by Gasteiger charge is -2.23. The van der Waals surface area contributed by atoms with E-state index < -0.39 is 6.03 Å². The first-order chi connectivity index (χ1) is 11.7. The summed E-state index contributed by atoms with van der Waals surface area (Å²) >= 11 is 12.1. The van der Waals surface area contributed by atoms with Crippen LogP contribution in [0.15, 0.2) is 36.4 Å². The fraction of sp³-hybridized carbons (Fsp3) is 0.316. The van der Waals surface area contributed by atoms with Crippen LogP contribution in [0.2, 0.25) is 10.0 Å². The summed E-state index contributed by atoms with van der Waals surface area (Å²) in [5.41, 5.74) is 2.56. The van der Waals surface area contributed by atoms with Crippen LogP contribution in [0.3, 0.4) is 0 Å². The summed E-state index contributed by atoms with van der Waals surface area (Å²) in [5, 5.41) is 6.01. The molecule has 0 fully saturated rings. The highest BCUT2D eigenvalue weighted by molar-refractivity contribution is 6.39. The van der Waals surface area contributed by atoms with E-state index in [1.807, 2.05) is 19.1 Å². The summed E-state index contributed by atoms with van der Waals surface area (Å²) in [4.78, 5) is 12.0. The van der Waals surface area contributed by atoms with E-state index >= 15 is 0 Å². The van der Waals surface area contributed by atoms with Gasteiger partial charge < -0.3 is 15.4 Å². The van der Waals surface area contributed by atoms with Gasteiger partial charge in [0.1, 0.15) is 5.75 Å². The summed E-state index contributed by atoms with van der Waals surface area (Å²) in [6.07, 6.45) is 0. The zero-order chi connectivity index (χ0) is 18.6. The predicted octanol–water partition coefficient (Wildman–Crippen LogP) is 5.76. The van der Waals surface area contributed by atoms with Crippen molar-refractivity contribution in [2.45, 2.75) is 33.1 Å². The number of nitrogens with one attached hydrogen (secondary N) is 2. The van der Waals surface area contributed by atoms with Gasteiger partial charge in [-0.25, -0.2) is 4.79 Å². The quantitative estimate of drug-likeness (QED) is 0.662. The van der Waals surface area contributed by atoms with E-state index in [9.17, 15) is 4.79 Å². The van der Waals surface area contributed by atoms with Gasteiger partial charge in [0, 0.05) is 0 Å². The molecule has 2 aromatic carbocycles. The Morgan fingerprint density at radius 3 is 2.36 bits per heavy atom. The van der Waals surface area contributed by atoms with Crippen molar-refractivity contribution < 1.29 is 9.53 Å². The van der Waals surface area contributed by atoms with Gasteiger partial charge in [-0.05, 0) is 36.1 Å². The number of hydrogen-bond donors (Lipinski definition) is 2. The van der Waals surface area contributed by atoms with E-state index in [0.29, 0.717) is 15.7 Å². The normalized spacial score (nSPS) is 11.1. The topological polar surface area (TPSA) is 50.4 Å². The Hall–Kier alpha value is -1.91. The van der Waals surface area contributed by atoms with Crippen LogP contribution in [0.25, 0.3) is 0 Å². The second-order valence-corrected chi connectivity index (χ2v) is 7.58. The Bertz CT molecular complexity index is 750. The molecular formula is C19H22Cl2N2O2. The van der Waals surface area contributed by atoms with E-state index in [1.54, 1.807) is 18.2 Å². The Morgan fingerprint density at radius 2 is 1.76 bits per heavy atom. The second-order valence-electron chi connectivity index (χ2n) is 6.77. The third-order valence-corrected chi connectivity index (χ3v) is 4.23. The van der Waals surface area contributed by atoms with Crippen LogP contribution in [0.1, 0.15) is 31.9 Å². The minimum absolute atomic E-state index is 0.0278. The molecular weight excluding hydrogens is 359 g/mol. The number of para-hydroxylation sites is 1. The highest BCUT2D eigenvalue weighted by Gasteiger charge is 2.19. The minimum Gasteiger partial charge on any atom is -0.473 e. The minimum atomic E-state index is -0.445. The first kappa shape index (κ1) is 19.4. The van der Waals surface area contributed by atoms with Crippen molar-refractivity contribution in [3.63, 3.8) is 0 Å². The van der Waals surface area contributed by atoms with E-state index in [1.165, 1.54) is 0 Å². The number of rotatable bonds is 4. The van der Waals surface area contributed by atoms with Crippen molar-refractivity contribution in [1.29, 1.82) is 0 Å². The third kappa shape index (κ3) is 5.28. The molecule has 0 spiro atoms. The molecule has 0 bridgehead atoms. The summed E-state index contributed by atoms with van der Waals surface area (Å²) in [5.74, 6) is 0.745. The molecule has 2 rings (SSSR count). The fourth-order valence-electron chi connectivity index (χ4n) is 2.31. The van der Waals surface area contributed by atoms with Gasteiger partial charge in [-0.2, -0.15) is 0 Å².